The molecule has 0 aromatic heterocycles. The lowest BCUT2D eigenvalue weighted by Gasteiger charge is -2.01. The summed E-state index contributed by atoms with van der Waals surface area (Å²) in [6, 6.07) is 0. The van der Waals surface area contributed by atoms with E-state index in [0.717, 1.165) is 24.4 Å². The van der Waals surface area contributed by atoms with E-state index in [4.69, 9.17) is 0 Å². The van der Waals surface area contributed by atoms with Crippen molar-refractivity contribution in [2.45, 2.75) is 20.3 Å². The van der Waals surface area contributed by atoms with Crippen molar-refractivity contribution in [3.63, 3.8) is 0 Å². The van der Waals surface area contributed by atoms with E-state index in [2.05, 4.69) is 23.8 Å². The number of rotatable bonds is 5. The molecule has 0 aliphatic heterocycles. The summed E-state index contributed by atoms with van der Waals surface area (Å²) >= 11 is 0. The van der Waals surface area contributed by atoms with Crippen LogP contribution in [0.5, 0.6) is 0 Å². The minimum atomic E-state index is 0.944. The third-order valence-electron chi connectivity index (χ3n) is 1.48. The van der Waals surface area contributed by atoms with Gasteiger partial charge in [-0.2, -0.15) is 0 Å². The molecule has 0 aliphatic rings. The topological polar surface area (TPSA) is 24.4 Å². The van der Waals surface area contributed by atoms with Crippen LogP contribution in [0.25, 0.3) is 0 Å². The van der Waals surface area contributed by atoms with E-state index >= 15 is 0 Å². The summed E-state index contributed by atoms with van der Waals surface area (Å²) in [5.74, 6) is 0. The third kappa shape index (κ3) is 5.71. The predicted octanol–water partition coefficient (Wildman–Crippen LogP) is 2.15. The van der Waals surface area contributed by atoms with Gasteiger partial charge in [-0.05, 0) is 25.5 Å². The largest absolute Gasteiger partial charge is 0.386 e. The number of hydrogen-bond donors (Lipinski definition) is 1. The molecule has 0 aromatic carbocycles. The summed E-state index contributed by atoms with van der Waals surface area (Å²) in [4.78, 5) is 4.00. The number of allylic oxidation sites excluding steroid dienone is 2. The van der Waals surface area contributed by atoms with Gasteiger partial charge < -0.3 is 5.32 Å². The van der Waals surface area contributed by atoms with Gasteiger partial charge in [-0.25, -0.2) is 0 Å². The number of nitrogens with one attached hydrogen (secondary N) is 1. The lowest BCUT2D eigenvalue weighted by molar-refractivity contribution is 0.787. The van der Waals surface area contributed by atoms with Gasteiger partial charge in [0.1, 0.15) is 0 Å². The van der Waals surface area contributed by atoms with Crippen LogP contribution in [0.1, 0.15) is 20.3 Å². The van der Waals surface area contributed by atoms with Gasteiger partial charge in [-0.15, -0.1) is 0 Å². The molecule has 0 heterocycles. The van der Waals surface area contributed by atoms with Crippen molar-refractivity contribution in [2.75, 3.05) is 13.6 Å². The van der Waals surface area contributed by atoms with Crippen LogP contribution in [-0.4, -0.2) is 19.3 Å². The Morgan fingerprint density at radius 1 is 1.50 bits per heavy atom. The molecule has 2 nitrogen and oxygen atoms in total. The van der Waals surface area contributed by atoms with Crippen LogP contribution in [-0.2, 0) is 0 Å². The molecule has 0 saturated carbocycles. The minimum absolute atomic E-state index is 0.944. The summed E-state index contributed by atoms with van der Waals surface area (Å²) < 4.78 is 0. The molecule has 0 radical (unpaired) electrons. The van der Waals surface area contributed by atoms with Crippen molar-refractivity contribution in [3.8, 4) is 0 Å². The Morgan fingerprint density at radius 3 is 2.67 bits per heavy atom. The highest BCUT2D eigenvalue weighted by molar-refractivity contribution is 5.92. The van der Waals surface area contributed by atoms with Gasteiger partial charge >= 0.3 is 0 Å². The molecule has 1 N–H and O–H groups in total. The first kappa shape index (κ1) is 11.0. The van der Waals surface area contributed by atoms with Crippen LogP contribution < -0.4 is 5.32 Å². The molecule has 68 valence electrons. The van der Waals surface area contributed by atoms with Gasteiger partial charge in [-0.1, -0.05) is 13.5 Å². The Balaban J connectivity index is 3.76. The Kier molecular flexibility index (Phi) is 6.07. The molecule has 0 aliphatic carbocycles. The summed E-state index contributed by atoms with van der Waals surface area (Å²) in [6.07, 6.45) is 5.01. The molecule has 12 heavy (non-hydrogen) atoms. The normalized spacial score (nSPS) is 12.1. The highest BCUT2D eigenvalue weighted by Crippen LogP contribution is 1.89. The van der Waals surface area contributed by atoms with Crippen molar-refractivity contribution >= 4 is 5.71 Å². The highest BCUT2D eigenvalue weighted by Gasteiger charge is 1.85. The van der Waals surface area contributed by atoms with Crippen molar-refractivity contribution < 1.29 is 0 Å². The summed E-state index contributed by atoms with van der Waals surface area (Å²) in [7, 11) is 1.78. The second-order valence-corrected chi connectivity index (χ2v) is 2.65. The molecule has 2 heteroatoms. The van der Waals surface area contributed by atoms with Crippen molar-refractivity contribution in [2.24, 2.45) is 4.99 Å². The molecule has 0 aromatic rings. The molecule has 0 fully saturated rings. The predicted molar refractivity (Wildman–Crippen MR) is 55.6 cm³/mol. The minimum Gasteiger partial charge on any atom is -0.386 e. The fourth-order valence-corrected chi connectivity index (χ4v) is 0.640. The standard InChI is InChI=1S/C10H18N2/c1-5-8-12-10(3)7-6-9(2)11-4/h6-7,12H,3,5,8H2,1-2,4H3/b7-6-,11-9?. The maximum absolute atomic E-state index is 4.00. The lowest BCUT2D eigenvalue weighted by Crippen LogP contribution is -2.11. The number of hydrogen-bond acceptors (Lipinski definition) is 2. The molecule has 0 atom stereocenters. The van der Waals surface area contributed by atoms with Gasteiger partial charge in [0.25, 0.3) is 0 Å². The Morgan fingerprint density at radius 2 is 2.17 bits per heavy atom. The van der Waals surface area contributed by atoms with Crippen LogP contribution >= 0.6 is 0 Å². The van der Waals surface area contributed by atoms with Gasteiger partial charge in [0.15, 0.2) is 0 Å². The van der Waals surface area contributed by atoms with Gasteiger partial charge in [0, 0.05) is 25.0 Å². The van der Waals surface area contributed by atoms with E-state index in [9.17, 15) is 0 Å². The Hall–Kier alpha value is -1.05. The molecule has 0 amide bonds. The van der Waals surface area contributed by atoms with E-state index in [1.807, 2.05) is 19.1 Å². The smallest absolute Gasteiger partial charge is 0.0314 e. The van der Waals surface area contributed by atoms with Crippen molar-refractivity contribution in [3.05, 3.63) is 24.4 Å². The van der Waals surface area contributed by atoms with Crippen molar-refractivity contribution in [1.82, 2.24) is 5.32 Å². The molecular formula is C10H18N2. The first-order chi connectivity index (χ1) is 5.70. The van der Waals surface area contributed by atoms with Gasteiger partial charge in [0.2, 0.25) is 0 Å². The van der Waals surface area contributed by atoms with Gasteiger partial charge in [0.05, 0.1) is 0 Å². The van der Waals surface area contributed by atoms with E-state index < -0.39 is 0 Å². The summed E-state index contributed by atoms with van der Waals surface area (Å²) in [5, 5.41) is 3.18. The van der Waals surface area contributed by atoms with Crippen LogP contribution in [0, 0.1) is 0 Å². The zero-order chi connectivity index (χ0) is 9.40. The quantitative estimate of drug-likeness (QED) is 0.491. The fourth-order valence-electron chi connectivity index (χ4n) is 0.640. The van der Waals surface area contributed by atoms with Crippen LogP contribution in [0.4, 0.5) is 0 Å². The van der Waals surface area contributed by atoms with E-state index in [1.165, 1.54) is 0 Å². The third-order valence-corrected chi connectivity index (χ3v) is 1.48. The first-order valence-corrected chi connectivity index (χ1v) is 4.25. The fraction of sp³-hybridized carbons (Fsp3) is 0.500. The number of aliphatic imine (C=N–C) groups is 1. The second-order valence-electron chi connectivity index (χ2n) is 2.65. The maximum atomic E-state index is 4.00. The molecule has 0 spiro atoms. The average Bonchev–Trinajstić information content (AvgIpc) is 2.10. The lowest BCUT2D eigenvalue weighted by atomic mass is 10.3. The average molecular weight is 166 g/mol. The SMILES string of the molecule is C=C(/C=C\C(C)=NC)NCCC. The van der Waals surface area contributed by atoms with Gasteiger partial charge in [-0.3, -0.25) is 4.99 Å². The first-order valence-electron chi connectivity index (χ1n) is 4.25. The Bertz CT molecular complexity index is 190. The van der Waals surface area contributed by atoms with E-state index in [-0.39, 0.29) is 0 Å². The highest BCUT2D eigenvalue weighted by atomic mass is 14.9. The zero-order valence-electron chi connectivity index (χ0n) is 8.22. The molecule has 0 saturated heterocycles. The molecular weight excluding hydrogens is 148 g/mol. The van der Waals surface area contributed by atoms with E-state index in [1.54, 1.807) is 7.05 Å². The number of nitrogens with zero attached hydrogens (tertiary/aromatic N) is 1. The molecule has 0 bridgehead atoms. The molecule has 0 rings (SSSR count). The van der Waals surface area contributed by atoms with Crippen molar-refractivity contribution in [1.29, 1.82) is 0 Å². The van der Waals surface area contributed by atoms with Crippen LogP contribution in [0.2, 0.25) is 0 Å². The van der Waals surface area contributed by atoms with Crippen LogP contribution in [0.3, 0.4) is 0 Å². The van der Waals surface area contributed by atoms with Crippen LogP contribution in [0.15, 0.2) is 29.4 Å². The summed E-state index contributed by atoms with van der Waals surface area (Å²) in [5.41, 5.74) is 1.95. The zero-order valence-corrected chi connectivity index (χ0v) is 8.22. The maximum Gasteiger partial charge on any atom is 0.0314 e. The Labute approximate surface area is 75.1 Å². The summed E-state index contributed by atoms with van der Waals surface area (Å²) in [6.45, 7) is 8.91. The monoisotopic (exact) mass is 166 g/mol. The second kappa shape index (κ2) is 6.65. The molecule has 0 unspecified atom stereocenters. The van der Waals surface area contributed by atoms with E-state index in [0.29, 0.717) is 0 Å².